The van der Waals surface area contributed by atoms with Gasteiger partial charge in [0.1, 0.15) is 0 Å². The summed E-state index contributed by atoms with van der Waals surface area (Å²) in [6, 6.07) is 16.2. The summed E-state index contributed by atoms with van der Waals surface area (Å²) >= 11 is 0. The molecule has 0 aliphatic carbocycles. The van der Waals surface area contributed by atoms with Crippen LogP contribution in [-0.4, -0.2) is 11.8 Å². The van der Waals surface area contributed by atoms with E-state index in [4.69, 9.17) is 0 Å². The first-order chi connectivity index (χ1) is 19.5. The molecule has 1 unspecified atom stereocenters. The van der Waals surface area contributed by atoms with Crippen molar-refractivity contribution >= 4 is 32.4 Å². The first-order valence-corrected chi connectivity index (χ1v) is 13.4. The first-order valence-electron chi connectivity index (χ1n) is 12.8. The van der Waals surface area contributed by atoms with Gasteiger partial charge in [-0.3, -0.25) is 9.59 Å². The highest BCUT2D eigenvalue weighted by Gasteiger charge is 2.37. The standard InChI is InChI=1S/C32H28F5N2O2P/c1-17-5-7-21(13-19(17)3)29(40)38-23-9-11-25(27(15-23)31(33,34)35)26-12-10-24(16-28(26)32(36,37)42)39-30(41)22-8-6-18(2)20(4)14-22/h5-16H,42H2,1-4H3,(H,38,40)(H,39,41). The summed E-state index contributed by atoms with van der Waals surface area (Å²) in [4.78, 5) is 25.5. The Morgan fingerprint density at radius 3 is 1.36 bits per heavy atom. The molecule has 0 bridgehead atoms. The van der Waals surface area contributed by atoms with Crippen LogP contribution in [-0.2, 0) is 11.8 Å². The quantitative estimate of drug-likeness (QED) is 0.172. The van der Waals surface area contributed by atoms with Crippen molar-refractivity contribution in [3.05, 3.63) is 117 Å². The molecule has 0 aliphatic rings. The molecule has 10 heteroatoms. The molecular weight excluding hydrogens is 570 g/mol. The van der Waals surface area contributed by atoms with Crippen molar-refractivity contribution in [1.29, 1.82) is 0 Å². The summed E-state index contributed by atoms with van der Waals surface area (Å²) in [5.41, 5.74) is -2.41. The molecule has 0 saturated heterocycles. The maximum absolute atomic E-state index is 14.8. The van der Waals surface area contributed by atoms with E-state index in [0.29, 0.717) is 11.6 Å². The maximum atomic E-state index is 14.8. The van der Waals surface area contributed by atoms with E-state index in [1.807, 2.05) is 27.7 Å². The zero-order chi connectivity index (χ0) is 31.0. The fourth-order valence-corrected chi connectivity index (χ4v) is 4.63. The van der Waals surface area contributed by atoms with Crippen LogP contribution < -0.4 is 10.6 Å². The van der Waals surface area contributed by atoms with Gasteiger partial charge in [-0.2, -0.15) is 22.0 Å². The maximum Gasteiger partial charge on any atom is 0.417 e. The first kappa shape index (κ1) is 30.8. The Balaban J connectivity index is 1.71. The Hall–Kier alpha value is -4.10. The number of carbonyl (C=O) groups is 2. The predicted molar refractivity (Wildman–Crippen MR) is 158 cm³/mol. The smallest absolute Gasteiger partial charge is 0.322 e. The summed E-state index contributed by atoms with van der Waals surface area (Å²) in [6.45, 7) is 7.38. The zero-order valence-electron chi connectivity index (χ0n) is 23.2. The van der Waals surface area contributed by atoms with Gasteiger partial charge in [0, 0.05) is 28.1 Å². The highest BCUT2D eigenvalue weighted by Crippen LogP contribution is 2.46. The molecule has 218 valence electrons. The van der Waals surface area contributed by atoms with Crippen LogP contribution in [0.4, 0.5) is 33.3 Å². The number of halogens is 5. The second kappa shape index (κ2) is 11.6. The normalized spacial score (nSPS) is 11.8. The number of rotatable bonds is 6. The van der Waals surface area contributed by atoms with Crippen LogP contribution in [0.3, 0.4) is 0 Å². The molecule has 0 fully saturated rings. The van der Waals surface area contributed by atoms with Crippen molar-refractivity contribution in [2.24, 2.45) is 0 Å². The molecule has 0 heterocycles. The molecule has 0 aromatic heterocycles. The van der Waals surface area contributed by atoms with E-state index in [1.54, 1.807) is 36.4 Å². The summed E-state index contributed by atoms with van der Waals surface area (Å²) < 4.78 is 72.3. The molecule has 42 heavy (non-hydrogen) atoms. The Labute approximate surface area is 242 Å². The number of hydrogen-bond acceptors (Lipinski definition) is 2. The fourth-order valence-electron chi connectivity index (χ4n) is 4.40. The van der Waals surface area contributed by atoms with Crippen LogP contribution in [0.1, 0.15) is 54.1 Å². The minimum Gasteiger partial charge on any atom is -0.322 e. The van der Waals surface area contributed by atoms with Crippen molar-refractivity contribution in [1.82, 2.24) is 0 Å². The van der Waals surface area contributed by atoms with E-state index in [0.717, 1.165) is 40.5 Å². The molecule has 0 saturated carbocycles. The lowest BCUT2D eigenvalue weighted by molar-refractivity contribution is -0.137. The Kier molecular flexibility index (Phi) is 8.55. The minimum atomic E-state index is -4.93. The van der Waals surface area contributed by atoms with E-state index in [2.05, 4.69) is 10.6 Å². The van der Waals surface area contributed by atoms with Gasteiger partial charge in [-0.05, 0) is 110 Å². The van der Waals surface area contributed by atoms with E-state index in [-0.39, 0.29) is 22.5 Å². The van der Waals surface area contributed by atoms with Gasteiger partial charge < -0.3 is 10.6 Å². The molecule has 2 amide bonds. The highest BCUT2D eigenvalue weighted by molar-refractivity contribution is 7.17. The fraction of sp³-hybridized carbons (Fsp3) is 0.188. The van der Waals surface area contributed by atoms with Gasteiger partial charge in [0.2, 0.25) is 0 Å². The van der Waals surface area contributed by atoms with E-state index in [1.165, 1.54) is 21.4 Å². The lowest BCUT2D eigenvalue weighted by Crippen LogP contribution is -2.15. The molecule has 1 atom stereocenters. The van der Waals surface area contributed by atoms with Gasteiger partial charge in [-0.1, -0.05) is 33.5 Å². The third kappa shape index (κ3) is 6.85. The summed E-state index contributed by atoms with van der Waals surface area (Å²) in [7, 11) is 1.33. The van der Waals surface area contributed by atoms with Crippen LogP contribution in [0, 0.1) is 27.7 Å². The van der Waals surface area contributed by atoms with Gasteiger partial charge in [-0.25, -0.2) is 0 Å². The van der Waals surface area contributed by atoms with Crippen LogP contribution in [0.5, 0.6) is 0 Å². The number of anilines is 2. The van der Waals surface area contributed by atoms with Crippen molar-refractivity contribution in [3.63, 3.8) is 0 Å². The average Bonchev–Trinajstić information content (AvgIpc) is 2.90. The molecule has 0 spiro atoms. The molecule has 0 aliphatic heterocycles. The van der Waals surface area contributed by atoms with Crippen LogP contribution in [0.2, 0.25) is 0 Å². The molecule has 4 aromatic rings. The van der Waals surface area contributed by atoms with Gasteiger partial charge in [0.15, 0.2) is 0 Å². The lowest BCUT2D eigenvalue weighted by atomic mass is 9.93. The monoisotopic (exact) mass is 598 g/mol. The van der Waals surface area contributed by atoms with Crippen LogP contribution in [0.25, 0.3) is 11.1 Å². The second-order valence-corrected chi connectivity index (χ2v) is 10.9. The van der Waals surface area contributed by atoms with Crippen molar-refractivity contribution in [3.8, 4) is 11.1 Å². The minimum absolute atomic E-state index is 0.00932. The average molecular weight is 599 g/mol. The van der Waals surface area contributed by atoms with E-state index < -0.39 is 40.3 Å². The molecule has 4 aromatic carbocycles. The number of aryl methyl sites for hydroxylation is 4. The third-order valence-electron chi connectivity index (χ3n) is 7.05. The summed E-state index contributed by atoms with van der Waals surface area (Å²) in [5.74, 6) is -1.16. The van der Waals surface area contributed by atoms with Crippen LogP contribution >= 0.6 is 9.24 Å². The number of carbonyl (C=O) groups excluding carboxylic acids is 2. The Morgan fingerprint density at radius 2 is 0.976 bits per heavy atom. The van der Waals surface area contributed by atoms with Gasteiger partial charge in [0.05, 0.1) is 5.56 Å². The van der Waals surface area contributed by atoms with E-state index in [9.17, 15) is 31.5 Å². The summed E-state index contributed by atoms with van der Waals surface area (Å²) in [5, 5.41) is 5.00. The molecule has 4 nitrogen and oxygen atoms in total. The number of nitrogens with one attached hydrogen (secondary N) is 2. The van der Waals surface area contributed by atoms with Crippen molar-refractivity contribution in [2.75, 3.05) is 10.6 Å². The number of benzene rings is 4. The third-order valence-corrected chi connectivity index (χ3v) is 7.36. The SMILES string of the molecule is Cc1ccc(C(=O)Nc2ccc(-c3ccc(NC(=O)c4ccc(C)c(C)c4)cc3C(F)(F)P)c(C(F)(F)F)c2)cc1C. The molecular formula is C32H28F5N2O2P. The summed E-state index contributed by atoms with van der Waals surface area (Å²) in [6.07, 6.45) is -4.93. The zero-order valence-corrected chi connectivity index (χ0v) is 24.4. The highest BCUT2D eigenvalue weighted by atomic mass is 31.0. The van der Waals surface area contributed by atoms with Crippen molar-refractivity contribution in [2.45, 2.75) is 39.5 Å². The van der Waals surface area contributed by atoms with Gasteiger partial charge in [-0.15, -0.1) is 0 Å². The van der Waals surface area contributed by atoms with E-state index >= 15 is 0 Å². The molecule has 4 rings (SSSR count). The van der Waals surface area contributed by atoms with Gasteiger partial charge >= 0.3 is 6.18 Å². The second-order valence-electron chi connectivity index (χ2n) is 10.1. The number of amides is 2. The predicted octanol–water partition coefficient (Wildman–Crippen LogP) is 9.04. The van der Waals surface area contributed by atoms with Crippen LogP contribution in [0.15, 0.2) is 72.8 Å². The van der Waals surface area contributed by atoms with Gasteiger partial charge in [0.25, 0.3) is 17.5 Å². The largest absolute Gasteiger partial charge is 0.417 e. The Morgan fingerprint density at radius 1 is 0.571 bits per heavy atom. The number of hydrogen-bond donors (Lipinski definition) is 2. The molecule has 2 N–H and O–H groups in total. The Bertz CT molecular complexity index is 1570. The molecule has 0 radical (unpaired) electrons. The number of alkyl halides is 5. The van der Waals surface area contributed by atoms with Crippen molar-refractivity contribution < 1.29 is 31.5 Å². The topological polar surface area (TPSA) is 58.2 Å². The lowest BCUT2D eigenvalue weighted by Gasteiger charge is -2.21.